The number of nitrogen functional groups attached to an aromatic ring is 1. The topological polar surface area (TPSA) is 72.9 Å². The molecule has 1 heterocycles. The van der Waals surface area contributed by atoms with Gasteiger partial charge in [0, 0.05) is 12.7 Å². The summed E-state index contributed by atoms with van der Waals surface area (Å²) in [6, 6.07) is 7.95. The Morgan fingerprint density at radius 2 is 2.26 bits per heavy atom. The van der Waals surface area contributed by atoms with E-state index >= 15 is 0 Å². The fourth-order valence-electron chi connectivity index (χ4n) is 1.71. The third-order valence-corrected chi connectivity index (χ3v) is 2.59. The van der Waals surface area contributed by atoms with Crippen molar-refractivity contribution in [3.8, 4) is 0 Å². The third kappa shape index (κ3) is 4.09. The van der Waals surface area contributed by atoms with Gasteiger partial charge in [-0.05, 0) is 30.2 Å². The van der Waals surface area contributed by atoms with E-state index in [9.17, 15) is 9.18 Å². The van der Waals surface area contributed by atoms with Crippen molar-refractivity contribution in [3.63, 3.8) is 0 Å². The number of anilines is 1. The molecule has 100 valence electrons. The second kappa shape index (κ2) is 5.99. The maximum absolute atomic E-state index is 12.9. The summed E-state index contributed by atoms with van der Waals surface area (Å²) in [6.07, 6.45) is 2.23. The Hall–Kier alpha value is -2.37. The number of carbonyl (C=O) groups excluding carboxylic acids is 1. The summed E-state index contributed by atoms with van der Waals surface area (Å²) in [6.45, 7) is 0.583. The Bertz CT molecular complexity index is 567. The molecule has 0 spiro atoms. The van der Waals surface area contributed by atoms with Gasteiger partial charge in [-0.25, -0.2) is 4.39 Å². The average molecular weight is 262 g/mol. The van der Waals surface area contributed by atoms with Crippen LogP contribution >= 0.6 is 0 Å². The smallest absolute Gasteiger partial charge is 0.241 e. The van der Waals surface area contributed by atoms with Gasteiger partial charge in [-0.3, -0.25) is 9.48 Å². The minimum atomic E-state index is -0.268. The van der Waals surface area contributed by atoms with Crippen molar-refractivity contribution < 1.29 is 9.18 Å². The number of nitrogens with two attached hydrogens (primary N) is 1. The van der Waals surface area contributed by atoms with Gasteiger partial charge in [0.2, 0.25) is 5.91 Å². The zero-order valence-corrected chi connectivity index (χ0v) is 10.3. The Morgan fingerprint density at radius 1 is 1.42 bits per heavy atom. The molecule has 0 aliphatic heterocycles. The highest BCUT2D eigenvalue weighted by Crippen LogP contribution is 2.03. The minimum Gasteiger partial charge on any atom is -0.382 e. The van der Waals surface area contributed by atoms with E-state index in [1.165, 1.54) is 16.8 Å². The second-order valence-electron chi connectivity index (χ2n) is 4.17. The largest absolute Gasteiger partial charge is 0.382 e. The predicted molar refractivity (Wildman–Crippen MR) is 69.8 cm³/mol. The number of aromatic nitrogens is 2. The fraction of sp³-hybridized carbons (Fsp3) is 0.231. The van der Waals surface area contributed by atoms with Gasteiger partial charge >= 0.3 is 0 Å². The number of carbonyl (C=O) groups is 1. The van der Waals surface area contributed by atoms with E-state index in [-0.39, 0.29) is 18.3 Å². The van der Waals surface area contributed by atoms with Crippen molar-refractivity contribution in [1.29, 1.82) is 0 Å². The fourth-order valence-corrected chi connectivity index (χ4v) is 1.71. The molecule has 0 bridgehead atoms. The van der Waals surface area contributed by atoms with Gasteiger partial charge in [0.1, 0.15) is 18.2 Å². The SMILES string of the molecule is Nc1ccn(CC(=O)NCCc2cccc(F)c2)n1. The lowest BCUT2D eigenvalue weighted by atomic mass is 10.1. The molecule has 3 N–H and O–H groups in total. The van der Waals surface area contributed by atoms with Gasteiger partial charge < -0.3 is 11.1 Å². The number of nitrogens with one attached hydrogen (secondary N) is 1. The van der Waals surface area contributed by atoms with Crippen LogP contribution in [0, 0.1) is 5.82 Å². The summed E-state index contributed by atoms with van der Waals surface area (Å²) in [5, 5.41) is 6.66. The lowest BCUT2D eigenvalue weighted by Crippen LogP contribution is -2.29. The predicted octanol–water partition coefficient (Wildman–Crippen LogP) is 0.963. The molecule has 5 nitrogen and oxygen atoms in total. The average Bonchev–Trinajstić information content (AvgIpc) is 2.75. The van der Waals surface area contributed by atoms with Crippen molar-refractivity contribution >= 4 is 11.7 Å². The summed E-state index contributed by atoms with van der Waals surface area (Å²) in [7, 11) is 0. The van der Waals surface area contributed by atoms with Gasteiger partial charge in [-0.15, -0.1) is 0 Å². The molecule has 0 atom stereocenters. The number of amides is 1. The third-order valence-electron chi connectivity index (χ3n) is 2.59. The van der Waals surface area contributed by atoms with Gasteiger partial charge in [-0.1, -0.05) is 12.1 Å². The summed E-state index contributed by atoms with van der Waals surface area (Å²) < 4.78 is 14.4. The summed E-state index contributed by atoms with van der Waals surface area (Å²) in [5.74, 6) is -0.0390. The molecule has 2 rings (SSSR count). The number of benzene rings is 1. The molecule has 0 aliphatic carbocycles. The van der Waals surface area contributed by atoms with E-state index in [1.807, 2.05) is 6.07 Å². The molecule has 0 saturated heterocycles. The molecule has 0 saturated carbocycles. The second-order valence-corrected chi connectivity index (χ2v) is 4.17. The van der Waals surface area contributed by atoms with Gasteiger partial charge in [0.15, 0.2) is 0 Å². The minimum absolute atomic E-state index is 0.125. The van der Waals surface area contributed by atoms with Gasteiger partial charge in [0.25, 0.3) is 0 Å². The van der Waals surface area contributed by atoms with Crippen LogP contribution in [0.25, 0.3) is 0 Å². The Labute approximate surface area is 110 Å². The number of rotatable bonds is 5. The first-order valence-electron chi connectivity index (χ1n) is 5.93. The van der Waals surface area contributed by atoms with Crippen LogP contribution in [-0.4, -0.2) is 22.2 Å². The van der Waals surface area contributed by atoms with Crippen LogP contribution in [0.3, 0.4) is 0 Å². The van der Waals surface area contributed by atoms with E-state index in [1.54, 1.807) is 18.3 Å². The molecule has 0 aliphatic rings. The molecule has 6 heteroatoms. The first-order chi connectivity index (χ1) is 9.13. The first-order valence-corrected chi connectivity index (χ1v) is 5.93. The van der Waals surface area contributed by atoms with Gasteiger partial charge in [-0.2, -0.15) is 5.10 Å². The van der Waals surface area contributed by atoms with Crippen molar-refractivity contribution in [2.75, 3.05) is 12.3 Å². The lowest BCUT2D eigenvalue weighted by Gasteiger charge is -2.05. The van der Waals surface area contributed by atoms with Crippen LogP contribution in [-0.2, 0) is 17.8 Å². The zero-order chi connectivity index (χ0) is 13.7. The Balaban J connectivity index is 1.75. The zero-order valence-electron chi connectivity index (χ0n) is 10.3. The molecule has 1 aromatic heterocycles. The van der Waals surface area contributed by atoms with Crippen LogP contribution in [0.15, 0.2) is 36.5 Å². The monoisotopic (exact) mass is 262 g/mol. The summed E-state index contributed by atoms with van der Waals surface area (Å²) in [4.78, 5) is 11.6. The normalized spacial score (nSPS) is 10.4. The molecule has 0 fully saturated rings. The van der Waals surface area contributed by atoms with Crippen LogP contribution in [0.1, 0.15) is 5.56 Å². The number of hydrogen-bond acceptors (Lipinski definition) is 3. The Morgan fingerprint density at radius 3 is 2.95 bits per heavy atom. The quantitative estimate of drug-likeness (QED) is 0.843. The highest BCUT2D eigenvalue weighted by Gasteiger charge is 2.03. The van der Waals surface area contributed by atoms with E-state index in [0.717, 1.165) is 5.56 Å². The Kier molecular flexibility index (Phi) is 4.12. The molecule has 0 radical (unpaired) electrons. The van der Waals surface area contributed by atoms with Crippen molar-refractivity contribution in [1.82, 2.24) is 15.1 Å². The van der Waals surface area contributed by atoms with Crippen molar-refractivity contribution in [2.45, 2.75) is 13.0 Å². The van der Waals surface area contributed by atoms with E-state index in [4.69, 9.17) is 5.73 Å². The first kappa shape index (κ1) is 13.1. The van der Waals surface area contributed by atoms with E-state index in [2.05, 4.69) is 10.4 Å². The highest BCUT2D eigenvalue weighted by molar-refractivity contribution is 5.75. The number of halogens is 1. The van der Waals surface area contributed by atoms with Gasteiger partial charge in [0.05, 0.1) is 0 Å². The molecule has 0 unspecified atom stereocenters. The molecule has 19 heavy (non-hydrogen) atoms. The van der Waals surface area contributed by atoms with Crippen molar-refractivity contribution in [2.24, 2.45) is 0 Å². The maximum Gasteiger partial charge on any atom is 0.241 e. The van der Waals surface area contributed by atoms with Crippen molar-refractivity contribution in [3.05, 3.63) is 47.9 Å². The molecule has 1 aromatic carbocycles. The summed E-state index contributed by atoms with van der Waals surface area (Å²) >= 11 is 0. The number of nitrogens with zero attached hydrogens (tertiary/aromatic N) is 2. The molecular weight excluding hydrogens is 247 g/mol. The lowest BCUT2D eigenvalue weighted by molar-refractivity contribution is -0.121. The summed E-state index contributed by atoms with van der Waals surface area (Å²) in [5.41, 5.74) is 6.30. The molecule has 1 amide bonds. The number of hydrogen-bond donors (Lipinski definition) is 2. The molecule has 2 aromatic rings. The standard InChI is InChI=1S/C13H15FN4O/c14-11-3-1-2-10(8-11)4-6-16-13(19)9-18-7-5-12(15)17-18/h1-3,5,7-8H,4,6,9H2,(H2,15,17)(H,16,19). The van der Waals surface area contributed by atoms with E-state index in [0.29, 0.717) is 18.8 Å². The van der Waals surface area contributed by atoms with Crippen LogP contribution in [0.4, 0.5) is 10.2 Å². The van der Waals surface area contributed by atoms with Crippen LogP contribution in [0.5, 0.6) is 0 Å². The maximum atomic E-state index is 12.9. The molecular formula is C13H15FN4O. The van der Waals surface area contributed by atoms with E-state index < -0.39 is 0 Å². The van der Waals surface area contributed by atoms with Crippen LogP contribution in [0.2, 0.25) is 0 Å². The highest BCUT2D eigenvalue weighted by atomic mass is 19.1. The van der Waals surface area contributed by atoms with Crippen LogP contribution < -0.4 is 11.1 Å².